The van der Waals surface area contributed by atoms with Crippen molar-refractivity contribution in [3.63, 3.8) is 0 Å². The SMILES string of the molecule is CC.CNCc1cc(F)cc(-c2cncc3[nH]c(-c4[nH]nc5ncc(-c6cncc(N(C)C)c6)cc45)nc23)c1.O=C=O. The summed E-state index contributed by atoms with van der Waals surface area (Å²) < 4.78 is 14.4. The van der Waals surface area contributed by atoms with E-state index in [1.54, 1.807) is 18.6 Å². The lowest BCUT2D eigenvalue weighted by atomic mass is 10.0. The summed E-state index contributed by atoms with van der Waals surface area (Å²) in [6, 6.07) is 9.06. The van der Waals surface area contributed by atoms with E-state index >= 15 is 0 Å². The van der Waals surface area contributed by atoms with Crippen molar-refractivity contribution in [2.45, 2.75) is 20.4 Å². The van der Waals surface area contributed by atoms with E-state index in [2.05, 4.69) is 41.5 Å². The van der Waals surface area contributed by atoms with Crippen molar-refractivity contribution >= 4 is 33.9 Å². The first-order valence-electron chi connectivity index (χ1n) is 13.2. The number of aromatic amines is 2. The van der Waals surface area contributed by atoms with Crippen LogP contribution < -0.4 is 10.2 Å². The normalized spacial score (nSPS) is 10.4. The number of hydrogen-bond acceptors (Lipinski definition) is 9. The second-order valence-electron chi connectivity index (χ2n) is 9.15. The van der Waals surface area contributed by atoms with Crippen LogP contribution in [-0.2, 0) is 16.1 Å². The average molecular weight is 568 g/mol. The third kappa shape index (κ3) is 6.20. The molecule has 11 nitrogen and oxygen atoms in total. The monoisotopic (exact) mass is 567 g/mol. The molecule has 1 aromatic carbocycles. The molecule has 12 heteroatoms. The maximum Gasteiger partial charge on any atom is 0.373 e. The summed E-state index contributed by atoms with van der Waals surface area (Å²) in [6.07, 6.45) is 9.09. The summed E-state index contributed by atoms with van der Waals surface area (Å²) in [5, 5.41) is 11.3. The Balaban J connectivity index is 0.000000763. The van der Waals surface area contributed by atoms with Crippen LogP contribution in [0.2, 0.25) is 0 Å². The number of rotatable bonds is 6. The Hall–Kier alpha value is -5.32. The first kappa shape index (κ1) is 29.7. The van der Waals surface area contributed by atoms with Crippen LogP contribution in [0.3, 0.4) is 0 Å². The largest absolute Gasteiger partial charge is 0.376 e. The van der Waals surface area contributed by atoms with E-state index in [0.717, 1.165) is 38.8 Å². The molecule has 0 bridgehead atoms. The fraction of sp³-hybridized carbons (Fsp3) is 0.200. The standard InChI is InChI=1S/C27H24FN9.C2H6.CO2/c1-29-9-15-4-16(6-19(28)5-15)22-13-31-14-23-24(22)34-27(33-23)25-21-8-18(11-32-26(21)36-35-25)17-7-20(37(2)3)12-30-10-17;1-2;2-1-3/h4-8,10-14,29H,9H2,1-3H3,(H,33,34)(H,32,35,36);1-2H3;. The molecule has 0 amide bonds. The van der Waals surface area contributed by atoms with Crippen molar-refractivity contribution in [3.8, 4) is 33.8 Å². The molecule has 0 aliphatic carbocycles. The molecule has 0 radical (unpaired) electrons. The third-order valence-electron chi connectivity index (χ3n) is 6.26. The van der Waals surface area contributed by atoms with Gasteiger partial charge in [0, 0.05) is 55.9 Å². The molecular weight excluding hydrogens is 537 g/mol. The number of hydrogen-bond donors (Lipinski definition) is 3. The van der Waals surface area contributed by atoms with Gasteiger partial charge in [-0.25, -0.2) is 14.4 Å². The molecule has 0 spiro atoms. The maximum atomic E-state index is 14.4. The number of halogens is 1. The van der Waals surface area contributed by atoms with Crippen molar-refractivity contribution < 1.29 is 14.0 Å². The quantitative estimate of drug-likeness (QED) is 0.253. The van der Waals surface area contributed by atoms with Gasteiger partial charge in [-0.3, -0.25) is 15.1 Å². The van der Waals surface area contributed by atoms with Crippen LogP contribution in [0, 0.1) is 5.82 Å². The predicted molar refractivity (Wildman–Crippen MR) is 159 cm³/mol. The Kier molecular flexibility index (Phi) is 9.43. The Morgan fingerprint density at radius 2 is 1.67 bits per heavy atom. The molecule has 214 valence electrons. The molecule has 0 fully saturated rings. The number of benzene rings is 1. The van der Waals surface area contributed by atoms with E-state index in [9.17, 15) is 4.39 Å². The second-order valence-corrected chi connectivity index (χ2v) is 9.15. The van der Waals surface area contributed by atoms with E-state index in [1.165, 1.54) is 12.1 Å². The molecule has 6 aromatic rings. The van der Waals surface area contributed by atoms with Crippen LogP contribution in [0.15, 0.2) is 61.3 Å². The molecule has 0 atom stereocenters. The number of nitrogens with one attached hydrogen (secondary N) is 3. The molecule has 0 aliphatic rings. The lowest BCUT2D eigenvalue weighted by Crippen LogP contribution is -2.08. The predicted octanol–water partition coefficient (Wildman–Crippen LogP) is 4.99. The maximum absolute atomic E-state index is 14.4. The summed E-state index contributed by atoms with van der Waals surface area (Å²) in [6.45, 7) is 4.56. The van der Waals surface area contributed by atoms with Crippen molar-refractivity contribution in [2.24, 2.45) is 0 Å². The van der Waals surface area contributed by atoms with Crippen molar-refractivity contribution in [2.75, 3.05) is 26.0 Å². The third-order valence-corrected chi connectivity index (χ3v) is 6.26. The molecular formula is C30H30FN9O2. The van der Waals surface area contributed by atoms with Gasteiger partial charge < -0.3 is 15.2 Å². The number of anilines is 1. The zero-order valence-corrected chi connectivity index (χ0v) is 23.9. The van der Waals surface area contributed by atoms with Crippen LogP contribution in [0.5, 0.6) is 0 Å². The fourth-order valence-corrected chi connectivity index (χ4v) is 4.44. The molecule has 5 heterocycles. The van der Waals surface area contributed by atoms with Gasteiger partial charge >= 0.3 is 6.15 Å². The molecule has 0 aliphatic heterocycles. The van der Waals surface area contributed by atoms with Crippen molar-refractivity contribution in [1.29, 1.82) is 0 Å². The minimum atomic E-state index is -0.304. The highest BCUT2D eigenvalue weighted by atomic mass is 19.1. The van der Waals surface area contributed by atoms with Crippen molar-refractivity contribution in [1.82, 2.24) is 40.4 Å². The Bertz CT molecular complexity index is 1860. The van der Waals surface area contributed by atoms with Gasteiger partial charge in [0.1, 0.15) is 11.5 Å². The first-order chi connectivity index (χ1) is 20.4. The van der Waals surface area contributed by atoms with Gasteiger partial charge in [-0.15, -0.1) is 0 Å². The minimum absolute atomic E-state index is 0.250. The zero-order chi connectivity index (χ0) is 30.2. The first-order valence-corrected chi connectivity index (χ1v) is 13.2. The number of nitrogens with zero attached hydrogens (tertiary/aromatic N) is 6. The van der Waals surface area contributed by atoms with Crippen LogP contribution in [-0.4, -0.2) is 62.4 Å². The van der Waals surface area contributed by atoms with Gasteiger partial charge in [0.2, 0.25) is 0 Å². The fourth-order valence-electron chi connectivity index (χ4n) is 4.44. The second kappa shape index (κ2) is 13.4. The van der Waals surface area contributed by atoms with Crippen LogP contribution >= 0.6 is 0 Å². The minimum Gasteiger partial charge on any atom is -0.376 e. The Morgan fingerprint density at radius 3 is 2.40 bits per heavy atom. The number of H-pyrrole nitrogens is 2. The highest BCUT2D eigenvalue weighted by Gasteiger charge is 2.17. The van der Waals surface area contributed by atoms with Gasteiger partial charge in [-0.05, 0) is 48.5 Å². The van der Waals surface area contributed by atoms with E-state index in [4.69, 9.17) is 14.6 Å². The van der Waals surface area contributed by atoms with Crippen LogP contribution in [0.4, 0.5) is 10.1 Å². The van der Waals surface area contributed by atoms with E-state index < -0.39 is 0 Å². The summed E-state index contributed by atoms with van der Waals surface area (Å²) in [4.78, 5) is 39.8. The Labute approximate surface area is 241 Å². The summed E-state index contributed by atoms with van der Waals surface area (Å²) >= 11 is 0. The number of imidazole rings is 1. The smallest absolute Gasteiger partial charge is 0.373 e. The zero-order valence-electron chi connectivity index (χ0n) is 23.9. The van der Waals surface area contributed by atoms with Crippen LogP contribution in [0.25, 0.3) is 55.8 Å². The number of pyridine rings is 3. The van der Waals surface area contributed by atoms with E-state index in [1.807, 2.05) is 64.4 Å². The molecule has 42 heavy (non-hydrogen) atoms. The molecule has 0 saturated carbocycles. The highest BCUT2D eigenvalue weighted by Crippen LogP contribution is 2.33. The number of aromatic nitrogens is 7. The van der Waals surface area contributed by atoms with E-state index in [-0.39, 0.29) is 12.0 Å². The summed E-state index contributed by atoms with van der Waals surface area (Å²) in [7, 11) is 5.79. The lowest BCUT2D eigenvalue weighted by molar-refractivity contribution is -0.191. The van der Waals surface area contributed by atoms with Crippen molar-refractivity contribution in [3.05, 3.63) is 72.7 Å². The van der Waals surface area contributed by atoms with E-state index in [0.29, 0.717) is 34.8 Å². The summed E-state index contributed by atoms with van der Waals surface area (Å²) in [5.74, 6) is 0.291. The molecule has 5 aromatic heterocycles. The lowest BCUT2D eigenvalue weighted by Gasteiger charge is -2.12. The van der Waals surface area contributed by atoms with Crippen LogP contribution in [0.1, 0.15) is 19.4 Å². The average Bonchev–Trinajstić information content (AvgIpc) is 3.62. The molecule has 6 rings (SSSR count). The number of fused-ring (bicyclic) bond motifs is 2. The Morgan fingerprint density at radius 1 is 0.929 bits per heavy atom. The number of carbonyl (C=O) groups excluding carboxylic acids is 2. The topological polar surface area (TPSA) is 145 Å². The molecule has 0 saturated heterocycles. The van der Waals surface area contributed by atoms with Gasteiger partial charge in [0.05, 0.1) is 34.5 Å². The molecule has 3 N–H and O–H groups in total. The van der Waals surface area contributed by atoms with Gasteiger partial charge in [0.25, 0.3) is 0 Å². The van der Waals surface area contributed by atoms with Gasteiger partial charge in [-0.2, -0.15) is 14.7 Å². The summed E-state index contributed by atoms with van der Waals surface area (Å²) in [5.41, 5.74) is 7.89. The van der Waals surface area contributed by atoms with Gasteiger partial charge in [-0.1, -0.05) is 13.8 Å². The highest BCUT2D eigenvalue weighted by molar-refractivity contribution is 5.96. The van der Waals surface area contributed by atoms with Gasteiger partial charge in [0.15, 0.2) is 11.5 Å². The molecule has 0 unspecified atom stereocenters.